The van der Waals surface area contributed by atoms with E-state index in [4.69, 9.17) is 9.47 Å². The molecule has 0 spiro atoms. The third-order valence-electron chi connectivity index (χ3n) is 5.16. The summed E-state index contributed by atoms with van der Waals surface area (Å²) in [5, 5.41) is 3.01. The summed E-state index contributed by atoms with van der Waals surface area (Å²) in [6.07, 6.45) is 3.49. The third-order valence-corrected chi connectivity index (χ3v) is 5.16. The molecule has 144 valence electrons. The largest absolute Gasteiger partial charge is 0.452 e. The number of nitrogens with one attached hydrogen (secondary N) is 1. The van der Waals surface area contributed by atoms with Crippen LogP contribution in [0.25, 0.3) is 0 Å². The Morgan fingerprint density at radius 2 is 1.85 bits per heavy atom. The summed E-state index contributed by atoms with van der Waals surface area (Å²) in [5.41, 5.74) is 1.43. The number of rotatable bonds is 7. The highest BCUT2D eigenvalue weighted by atomic mass is 16.5. The van der Waals surface area contributed by atoms with E-state index in [0.717, 1.165) is 18.4 Å². The fourth-order valence-electron chi connectivity index (χ4n) is 3.25. The van der Waals surface area contributed by atoms with Crippen molar-refractivity contribution in [1.29, 1.82) is 0 Å². The van der Waals surface area contributed by atoms with Crippen LogP contribution in [-0.4, -0.2) is 30.6 Å². The minimum atomic E-state index is -0.485. The third kappa shape index (κ3) is 6.13. The van der Waals surface area contributed by atoms with Crippen molar-refractivity contribution < 1.29 is 19.1 Å². The lowest BCUT2D eigenvalue weighted by atomic mass is 9.78. The Morgan fingerprint density at radius 1 is 1.15 bits per heavy atom. The van der Waals surface area contributed by atoms with E-state index in [1.54, 1.807) is 12.1 Å². The molecule has 1 fully saturated rings. The molecule has 1 aromatic carbocycles. The van der Waals surface area contributed by atoms with Gasteiger partial charge in [-0.1, -0.05) is 38.8 Å². The van der Waals surface area contributed by atoms with Crippen molar-refractivity contribution in [1.82, 2.24) is 5.32 Å². The molecule has 3 atom stereocenters. The lowest BCUT2D eigenvalue weighted by molar-refractivity contribution is -0.125. The van der Waals surface area contributed by atoms with E-state index in [0.29, 0.717) is 24.0 Å². The summed E-state index contributed by atoms with van der Waals surface area (Å²) in [6, 6.07) is 7.24. The summed E-state index contributed by atoms with van der Waals surface area (Å²) in [4.78, 5) is 24.2. The van der Waals surface area contributed by atoms with Crippen LogP contribution in [0.2, 0.25) is 0 Å². The van der Waals surface area contributed by atoms with Crippen molar-refractivity contribution in [2.24, 2.45) is 11.8 Å². The van der Waals surface area contributed by atoms with Gasteiger partial charge in [0.05, 0.1) is 18.3 Å². The molecule has 1 saturated carbocycles. The second-order valence-corrected chi connectivity index (χ2v) is 7.57. The minimum absolute atomic E-state index is 0.160. The van der Waals surface area contributed by atoms with E-state index in [-0.39, 0.29) is 24.7 Å². The molecule has 0 heterocycles. The fourth-order valence-corrected chi connectivity index (χ4v) is 3.25. The maximum Gasteiger partial charge on any atom is 0.338 e. The van der Waals surface area contributed by atoms with Crippen LogP contribution < -0.4 is 5.32 Å². The molecule has 0 bridgehead atoms. The predicted octanol–water partition coefficient (Wildman–Crippen LogP) is 3.71. The average Bonchev–Trinajstić information content (AvgIpc) is 2.62. The number of carbonyl (C=O) groups is 2. The molecule has 5 heteroatoms. The van der Waals surface area contributed by atoms with Crippen LogP contribution in [0.4, 0.5) is 0 Å². The van der Waals surface area contributed by atoms with E-state index >= 15 is 0 Å². The molecule has 5 nitrogen and oxygen atoms in total. The van der Waals surface area contributed by atoms with Gasteiger partial charge in [-0.15, -0.1) is 0 Å². The number of esters is 1. The summed E-state index contributed by atoms with van der Waals surface area (Å²) >= 11 is 0. The number of benzene rings is 1. The Morgan fingerprint density at radius 3 is 2.50 bits per heavy atom. The van der Waals surface area contributed by atoms with Crippen LogP contribution in [0.5, 0.6) is 0 Å². The van der Waals surface area contributed by atoms with Gasteiger partial charge >= 0.3 is 5.97 Å². The molecule has 1 N–H and O–H groups in total. The maximum absolute atomic E-state index is 12.1. The second-order valence-electron chi connectivity index (χ2n) is 7.57. The van der Waals surface area contributed by atoms with Gasteiger partial charge in [-0.05, 0) is 49.8 Å². The van der Waals surface area contributed by atoms with Crippen molar-refractivity contribution in [3.63, 3.8) is 0 Å². The molecule has 1 aliphatic rings. The Labute approximate surface area is 156 Å². The second kappa shape index (κ2) is 9.72. The van der Waals surface area contributed by atoms with Gasteiger partial charge in [0.2, 0.25) is 0 Å². The van der Waals surface area contributed by atoms with Crippen LogP contribution in [-0.2, 0) is 20.9 Å². The highest BCUT2D eigenvalue weighted by molar-refractivity contribution is 5.91. The van der Waals surface area contributed by atoms with Gasteiger partial charge in [-0.2, -0.15) is 0 Å². The predicted molar refractivity (Wildman–Crippen MR) is 101 cm³/mol. The molecule has 0 aliphatic heterocycles. The van der Waals surface area contributed by atoms with Crippen molar-refractivity contribution in [2.45, 2.75) is 65.7 Å². The maximum atomic E-state index is 12.1. The van der Waals surface area contributed by atoms with Crippen molar-refractivity contribution in [3.05, 3.63) is 35.4 Å². The molecule has 26 heavy (non-hydrogen) atoms. The lowest BCUT2D eigenvalue weighted by Crippen LogP contribution is -2.45. The van der Waals surface area contributed by atoms with Gasteiger partial charge in [-0.3, -0.25) is 4.79 Å². The molecule has 0 radical (unpaired) electrons. The number of hydrogen-bond donors (Lipinski definition) is 1. The first-order chi connectivity index (χ1) is 12.4. The summed E-state index contributed by atoms with van der Waals surface area (Å²) in [6.45, 7) is 8.61. The first kappa shape index (κ1) is 20.4. The molecular weight excluding hydrogens is 330 g/mol. The zero-order valence-electron chi connectivity index (χ0n) is 16.3. The zero-order chi connectivity index (χ0) is 19.1. The monoisotopic (exact) mass is 361 g/mol. The van der Waals surface area contributed by atoms with E-state index in [2.05, 4.69) is 19.2 Å². The molecule has 1 amide bonds. The van der Waals surface area contributed by atoms with E-state index in [9.17, 15) is 9.59 Å². The quantitative estimate of drug-likeness (QED) is 0.752. The van der Waals surface area contributed by atoms with Gasteiger partial charge in [0.25, 0.3) is 5.91 Å². The van der Waals surface area contributed by atoms with E-state index < -0.39 is 5.97 Å². The van der Waals surface area contributed by atoms with Crippen molar-refractivity contribution in [2.75, 3.05) is 6.61 Å². The number of hydrogen-bond acceptors (Lipinski definition) is 4. The highest BCUT2D eigenvalue weighted by Crippen LogP contribution is 2.29. The summed E-state index contributed by atoms with van der Waals surface area (Å²) in [5.74, 6) is 0.339. The minimum Gasteiger partial charge on any atom is -0.452 e. The Balaban J connectivity index is 1.77. The Hall–Kier alpha value is -1.88. The van der Waals surface area contributed by atoms with Crippen LogP contribution in [0.15, 0.2) is 24.3 Å². The topological polar surface area (TPSA) is 64.6 Å². The van der Waals surface area contributed by atoms with Crippen LogP contribution in [0.3, 0.4) is 0 Å². The Kier molecular flexibility index (Phi) is 7.64. The van der Waals surface area contributed by atoms with Gasteiger partial charge in [0.15, 0.2) is 6.61 Å². The molecular formula is C21H31NO4. The average molecular weight is 361 g/mol. The smallest absolute Gasteiger partial charge is 0.338 e. The van der Waals surface area contributed by atoms with Gasteiger partial charge in [0.1, 0.15) is 0 Å². The van der Waals surface area contributed by atoms with Gasteiger partial charge in [-0.25, -0.2) is 4.79 Å². The normalized spacial score (nSPS) is 22.9. The molecule has 1 aromatic rings. The van der Waals surface area contributed by atoms with Crippen LogP contribution >= 0.6 is 0 Å². The van der Waals surface area contributed by atoms with Crippen LogP contribution in [0, 0.1) is 11.8 Å². The Bertz CT molecular complexity index is 597. The molecule has 2 rings (SSSR count). The van der Waals surface area contributed by atoms with Crippen molar-refractivity contribution in [3.8, 4) is 0 Å². The van der Waals surface area contributed by atoms with Gasteiger partial charge < -0.3 is 14.8 Å². The molecule has 0 aromatic heterocycles. The highest BCUT2D eigenvalue weighted by Gasteiger charge is 2.28. The van der Waals surface area contributed by atoms with E-state index in [1.807, 2.05) is 26.0 Å². The standard InChI is InChI=1S/C21H31NO4/c1-14(2)25-12-17-8-10-18(11-9-17)21(24)26-13-20(23)22-19-7-5-6-15(3)16(19)4/h8-11,14-16,19H,5-7,12-13H2,1-4H3,(H,22,23)/t15-,16-,19+/m1/s1. The fraction of sp³-hybridized carbons (Fsp3) is 0.619. The van der Waals surface area contributed by atoms with Crippen LogP contribution in [0.1, 0.15) is 62.9 Å². The SMILES string of the molecule is CC(C)OCc1ccc(C(=O)OCC(=O)N[C@H]2CCC[C@@H](C)[C@H]2C)cc1. The molecule has 0 unspecified atom stereocenters. The summed E-state index contributed by atoms with van der Waals surface area (Å²) in [7, 11) is 0. The first-order valence-electron chi connectivity index (χ1n) is 9.54. The number of ether oxygens (including phenoxy) is 2. The summed E-state index contributed by atoms with van der Waals surface area (Å²) < 4.78 is 10.7. The lowest BCUT2D eigenvalue weighted by Gasteiger charge is -2.34. The zero-order valence-corrected chi connectivity index (χ0v) is 16.3. The molecule has 0 saturated heterocycles. The molecule has 1 aliphatic carbocycles. The number of amides is 1. The van der Waals surface area contributed by atoms with E-state index in [1.165, 1.54) is 6.42 Å². The number of carbonyl (C=O) groups excluding carboxylic acids is 2. The van der Waals surface area contributed by atoms with Crippen molar-refractivity contribution >= 4 is 11.9 Å². The first-order valence-corrected chi connectivity index (χ1v) is 9.54. The van der Waals surface area contributed by atoms with Gasteiger partial charge in [0, 0.05) is 6.04 Å².